The van der Waals surface area contributed by atoms with Gasteiger partial charge in [0.2, 0.25) is 0 Å². The summed E-state index contributed by atoms with van der Waals surface area (Å²) < 4.78 is 13.1. The number of methoxy groups -OCH3 is 1. The van der Waals surface area contributed by atoms with Crippen LogP contribution in [0, 0.1) is 13.8 Å². The third-order valence-electron chi connectivity index (χ3n) is 4.91. The highest BCUT2D eigenvalue weighted by Gasteiger charge is 2.12. The van der Waals surface area contributed by atoms with E-state index in [9.17, 15) is 9.59 Å². The van der Waals surface area contributed by atoms with E-state index in [0.29, 0.717) is 30.1 Å². The van der Waals surface area contributed by atoms with Crippen molar-refractivity contribution in [1.29, 1.82) is 0 Å². The number of amides is 1. The zero-order valence-electron chi connectivity index (χ0n) is 17.7. The molecule has 0 aliphatic rings. The fourth-order valence-corrected chi connectivity index (χ4v) is 4.27. The molecule has 0 aliphatic heterocycles. The molecule has 7 heteroatoms. The zero-order valence-corrected chi connectivity index (χ0v) is 18.5. The number of nitrogens with zero attached hydrogens (tertiary/aromatic N) is 2. The lowest BCUT2D eigenvalue weighted by atomic mass is 10.0. The normalized spacial score (nSPS) is 11.8. The molecule has 3 rings (SSSR count). The first-order valence-electron chi connectivity index (χ1n) is 9.86. The number of benzene rings is 2. The molecule has 0 unspecified atom stereocenters. The van der Waals surface area contributed by atoms with Gasteiger partial charge < -0.3 is 14.0 Å². The average Bonchev–Trinajstić information content (AvgIpc) is 3.06. The van der Waals surface area contributed by atoms with Crippen LogP contribution in [0.4, 0.5) is 0 Å². The van der Waals surface area contributed by atoms with Gasteiger partial charge in [0.05, 0.1) is 35.9 Å². The van der Waals surface area contributed by atoms with Crippen LogP contribution >= 0.6 is 11.3 Å². The minimum atomic E-state index is -0.393. The molecular weight excluding hydrogens is 400 g/mol. The predicted octanol–water partition coefficient (Wildman–Crippen LogP) is 3.81. The van der Waals surface area contributed by atoms with E-state index < -0.39 is 5.97 Å². The third-order valence-corrected chi connectivity index (χ3v) is 5.96. The van der Waals surface area contributed by atoms with E-state index >= 15 is 0 Å². The van der Waals surface area contributed by atoms with E-state index in [1.54, 1.807) is 12.1 Å². The fraction of sp³-hybridized carbons (Fsp3) is 0.348. The first-order chi connectivity index (χ1) is 14.4. The van der Waals surface area contributed by atoms with Crippen molar-refractivity contribution in [1.82, 2.24) is 4.57 Å². The maximum Gasteiger partial charge on any atom is 0.337 e. The van der Waals surface area contributed by atoms with Crippen LogP contribution < -0.4 is 4.80 Å². The third kappa shape index (κ3) is 5.04. The molecule has 6 nitrogen and oxygen atoms in total. The van der Waals surface area contributed by atoms with Crippen molar-refractivity contribution < 1.29 is 19.1 Å². The Kier molecular flexibility index (Phi) is 7.18. The number of thiazole rings is 1. The van der Waals surface area contributed by atoms with Crippen molar-refractivity contribution in [2.24, 2.45) is 4.99 Å². The van der Waals surface area contributed by atoms with Gasteiger partial charge in [-0.25, -0.2) is 4.79 Å². The molecule has 2 aromatic carbocycles. The van der Waals surface area contributed by atoms with Crippen molar-refractivity contribution in [3.05, 3.63) is 63.5 Å². The average molecular weight is 427 g/mol. The number of fused-ring (bicyclic) bond motifs is 1. The monoisotopic (exact) mass is 426 g/mol. The maximum absolute atomic E-state index is 12.7. The molecule has 0 fully saturated rings. The number of hydrogen-bond acceptors (Lipinski definition) is 5. The quantitative estimate of drug-likeness (QED) is 0.425. The lowest BCUT2D eigenvalue weighted by molar-refractivity contribution is -0.117. The van der Waals surface area contributed by atoms with Crippen LogP contribution in [0.3, 0.4) is 0 Å². The minimum Gasteiger partial charge on any atom is -0.465 e. The van der Waals surface area contributed by atoms with Crippen molar-refractivity contribution in [3.8, 4) is 0 Å². The molecule has 3 aromatic rings. The molecule has 158 valence electrons. The van der Waals surface area contributed by atoms with Gasteiger partial charge in [0.1, 0.15) is 0 Å². The van der Waals surface area contributed by atoms with Crippen molar-refractivity contribution in [3.63, 3.8) is 0 Å². The first-order valence-corrected chi connectivity index (χ1v) is 10.7. The smallest absolute Gasteiger partial charge is 0.337 e. The molecule has 30 heavy (non-hydrogen) atoms. The van der Waals surface area contributed by atoms with E-state index in [-0.39, 0.29) is 12.3 Å². The summed E-state index contributed by atoms with van der Waals surface area (Å²) in [6.45, 7) is 7.73. The molecule has 0 bridgehead atoms. The summed E-state index contributed by atoms with van der Waals surface area (Å²) in [4.78, 5) is 29.5. The number of carbonyl (C=O) groups is 2. The van der Waals surface area contributed by atoms with Gasteiger partial charge in [-0.3, -0.25) is 4.79 Å². The Labute approximate surface area is 179 Å². The van der Waals surface area contributed by atoms with E-state index in [1.165, 1.54) is 24.0 Å². The Morgan fingerprint density at radius 3 is 2.60 bits per heavy atom. The Bertz CT molecular complexity index is 1140. The predicted molar refractivity (Wildman–Crippen MR) is 118 cm³/mol. The molecule has 0 radical (unpaired) electrons. The van der Waals surface area contributed by atoms with Gasteiger partial charge in [0, 0.05) is 13.2 Å². The van der Waals surface area contributed by atoms with Crippen molar-refractivity contribution in [2.75, 3.05) is 20.3 Å². The Morgan fingerprint density at radius 2 is 1.90 bits per heavy atom. The summed E-state index contributed by atoms with van der Waals surface area (Å²) in [5.41, 5.74) is 4.68. The number of carbonyl (C=O) groups excluding carboxylic acids is 2. The molecule has 0 saturated carbocycles. The Balaban J connectivity index is 1.98. The molecule has 0 N–H and O–H groups in total. The Hall–Kier alpha value is -2.77. The van der Waals surface area contributed by atoms with Gasteiger partial charge in [-0.1, -0.05) is 29.5 Å². The highest BCUT2D eigenvalue weighted by atomic mass is 32.1. The van der Waals surface area contributed by atoms with Crippen LogP contribution in [0.5, 0.6) is 0 Å². The summed E-state index contributed by atoms with van der Waals surface area (Å²) in [6, 6.07) is 11.4. The highest BCUT2D eigenvalue weighted by molar-refractivity contribution is 7.16. The van der Waals surface area contributed by atoms with Crippen LogP contribution in [0.15, 0.2) is 41.4 Å². The molecule has 0 spiro atoms. The standard InChI is InChI=1S/C23H26N2O4S/c1-5-29-11-10-25-19-9-8-18(22(27)28-4)14-20(19)30-23(25)24-21(26)13-17-7-6-15(2)16(3)12-17/h6-9,12,14H,5,10-11,13H2,1-4H3. The second-order valence-electron chi connectivity index (χ2n) is 7.01. The number of ether oxygens (including phenoxy) is 2. The van der Waals surface area contributed by atoms with E-state index in [0.717, 1.165) is 21.3 Å². The first kappa shape index (κ1) is 21.9. The molecule has 1 amide bonds. The zero-order chi connectivity index (χ0) is 21.7. The molecule has 1 aromatic heterocycles. The topological polar surface area (TPSA) is 69.9 Å². The molecular formula is C23H26N2O4S. The fourth-order valence-electron chi connectivity index (χ4n) is 3.15. The van der Waals surface area contributed by atoms with Crippen LogP contribution in [0.2, 0.25) is 0 Å². The highest BCUT2D eigenvalue weighted by Crippen LogP contribution is 2.20. The summed E-state index contributed by atoms with van der Waals surface area (Å²) in [5, 5.41) is 0. The summed E-state index contributed by atoms with van der Waals surface area (Å²) in [7, 11) is 1.36. The summed E-state index contributed by atoms with van der Waals surface area (Å²) in [6.07, 6.45) is 0.244. The van der Waals surface area contributed by atoms with Gasteiger partial charge >= 0.3 is 5.97 Å². The summed E-state index contributed by atoms with van der Waals surface area (Å²) >= 11 is 1.38. The Morgan fingerprint density at radius 1 is 1.10 bits per heavy atom. The second kappa shape index (κ2) is 9.82. The van der Waals surface area contributed by atoms with Gasteiger partial charge in [-0.2, -0.15) is 4.99 Å². The molecule has 0 saturated heterocycles. The molecule has 0 aliphatic carbocycles. The van der Waals surface area contributed by atoms with Gasteiger partial charge in [-0.05, 0) is 55.7 Å². The number of hydrogen-bond donors (Lipinski definition) is 0. The second-order valence-corrected chi connectivity index (χ2v) is 8.02. The number of aryl methyl sites for hydroxylation is 2. The minimum absolute atomic E-state index is 0.205. The number of rotatable bonds is 7. The van der Waals surface area contributed by atoms with Gasteiger partial charge in [0.25, 0.3) is 5.91 Å². The number of aromatic nitrogens is 1. The summed E-state index contributed by atoms with van der Waals surface area (Å²) in [5.74, 6) is -0.598. The van der Waals surface area contributed by atoms with Crippen molar-refractivity contribution >= 4 is 33.4 Å². The van der Waals surface area contributed by atoms with Crippen molar-refractivity contribution in [2.45, 2.75) is 33.7 Å². The van der Waals surface area contributed by atoms with Crippen LogP contribution in [0.1, 0.15) is 34.0 Å². The maximum atomic E-state index is 12.7. The van der Waals surface area contributed by atoms with Crippen LogP contribution in [-0.2, 0) is 27.2 Å². The number of esters is 1. The SMILES string of the molecule is CCOCCn1c(=NC(=O)Cc2ccc(C)c(C)c2)sc2cc(C(=O)OC)ccc21. The van der Waals surface area contributed by atoms with Crippen LogP contribution in [0.25, 0.3) is 10.2 Å². The molecule has 1 heterocycles. The lowest BCUT2D eigenvalue weighted by Gasteiger charge is -2.06. The molecule has 0 atom stereocenters. The van der Waals surface area contributed by atoms with Gasteiger partial charge in [-0.15, -0.1) is 0 Å². The van der Waals surface area contributed by atoms with E-state index in [1.807, 2.05) is 49.6 Å². The van der Waals surface area contributed by atoms with Crippen LogP contribution in [-0.4, -0.2) is 36.8 Å². The largest absolute Gasteiger partial charge is 0.465 e. The van der Waals surface area contributed by atoms with E-state index in [2.05, 4.69) is 4.99 Å². The lowest BCUT2D eigenvalue weighted by Crippen LogP contribution is -2.20. The van der Waals surface area contributed by atoms with Gasteiger partial charge in [0.15, 0.2) is 4.80 Å². The van der Waals surface area contributed by atoms with E-state index in [4.69, 9.17) is 9.47 Å².